The van der Waals surface area contributed by atoms with Gasteiger partial charge in [-0.2, -0.15) is 4.68 Å². The number of halogens is 2. The summed E-state index contributed by atoms with van der Waals surface area (Å²) in [6.45, 7) is 0. The highest BCUT2D eigenvalue weighted by Crippen LogP contribution is 2.29. The lowest BCUT2D eigenvalue weighted by Gasteiger charge is -2.07. The van der Waals surface area contributed by atoms with Gasteiger partial charge in [-0.05, 0) is 56.7 Å². The zero-order valence-electron chi connectivity index (χ0n) is 10.1. The van der Waals surface area contributed by atoms with Crippen LogP contribution in [0.5, 0.6) is 11.8 Å². The van der Waals surface area contributed by atoms with Gasteiger partial charge in [0.1, 0.15) is 11.6 Å². The van der Waals surface area contributed by atoms with Crippen LogP contribution in [0.25, 0.3) is 5.69 Å². The molecule has 7 heteroatoms. The van der Waals surface area contributed by atoms with E-state index in [1.165, 1.54) is 22.9 Å². The predicted molar refractivity (Wildman–Crippen MR) is 73.3 cm³/mol. The summed E-state index contributed by atoms with van der Waals surface area (Å²) < 4.78 is 20.6. The van der Waals surface area contributed by atoms with Crippen molar-refractivity contribution in [1.29, 1.82) is 0 Å². The second-order valence-corrected chi connectivity index (χ2v) is 4.74. The van der Waals surface area contributed by atoms with Crippen molar-refractivity contribution in [3.8, 4) is 17.4 Å². The fraction of sp³-hybridized carbons (Fsp3) is 0. The Balaban J connectivity index is 1.95. The van der Waals surface area contributed by atoms with Crippen LogP contribution in [-0.2, 0) is 0 Å². The van der Waals surface area contributed by atoms with Crippen LogP contribution in [0.4, 0.5) is 4.39 Å². The van der Waals surface area contributed by atoms with Crippen molar-refractivity contribution in [1.82, 2.24) is 20.2 Å². The molecule has 2 aromatic carbocycles. The first-order chi connectivity index (χ1) is 9.74. The zero-order chi connectivity index (χ0) is 13.9. The molecular formula is C13H8BrFN4O. The highest BCUT2D eigenvalue weighted by molar-refractivity contribution is 9.10. The Morgan fingerprint density at radius 3 is 2.65 bits per heavy atom. The molecule has 0 radical (unpaired) electrons. The minimum Gasteiger partial charge on any atom is -0.422 e. The molecule has 5 nitrogen and oxygen atoms in total. The third-order valence-electron chi connectivity index (χ3n) is 2.54. The molecule has 0 atom stereocenters. The predicted octanol–water partition coefficient (Wildman–Crippen LogP) is 3.36. The second-order valence-electron chi connectivity index (χ2n) is 3.89. The molecule has 0 aliphatic rings. The average molecular weight is 335 g/mol. The van der Waals surface area contributed by atoms with E-state index >= 15 is 0 Å². The summed E-state index contributed by atoms with van der Waals surface area (Å²) in [5, 5.41) is 11.3. The first-order valence-corrected chi connectivity index (χ1v) is 6.50. The molecule has 0 saturated heterocycles. The van der Waals surface area contributed by atoms with Crippen molar-refractivity contribution in [2.24, 2.45) is 0 Å². The van der Waals surface area contributed by atoms with Gasteiger partial charge in [0.05, 0.1) is 10.2 Å². The van der Waals surface area contributed by atoms with Gasteiger partial charge >= 0.3 is 6.01 Å². The molecule has 3 aromatic rings. The van der Waals surface area contributed by atoms with Gasteiger partial charge < -0.3 is 4.74 Å². The van der Waals surface area contributed by atoms with E-state index in [1.54, 1.807) is 0 Å². The third kappa shape index (κ3) is 2.53. The van der Waals surface area contributed by atoms with Crippen molar-refractivity contribution >= 4 is 15.9 Å². The molecular weight excluding hydrogens is 327 g/mol. The zero-order valence-corrected chi connectivity index (χ0v) is 11.7. The Kier molecular flexibility index (Phi) is 3.42. The molecule has 0 N–H and O–H groups in total. The summed E-state index contributed by atoms with van der Waals surface area (Å²) in [5.41, 5.74) is 0.769. The van der Waals surface area contributed by atoms with Crippen LogP contribution >= 0.6 is 15.9 Å². The quantitative estimate of drug-likeness (QED) is 0.737. The van der Waals surface area contributed by atoms with E-state index in [0.29, 0.717) is 10.2 Å². The molecule has 0 aliphatic carbocycles. The van der Waals surface area contributed by atoms with Crippen molar-refractivity contribution < 1.29 is 9.13 Å². The van der Waals surface area contributed by atoms with Crippen LogP contribution in [0.2, 0.25) is 0 Å². The van der Waals surface area contributed by atoms with Crippen LogP contribution in [-0.4, -0.2) is 20.2 Å². The number of aromatic nitrogens is 4. The van der Waals surface area contributed by atoms with E-state index in [0.717, 1.165) is 5.69 Å². The molecule has 100 valence electrons. The highest BCUT2D eigenvalue weighted by atomic mass is 79.9. The monoisotopic (exact) mass is 334 g/mol. The van der Waals surface area contributed by atoms with Crippen LogP contribution in [0.3, 0.4) is 0 Å². The van der Waals surface area contributed by atoms with E-state index in [9.17, 15) is 4.39 Å². The largest absolute Gasteiger partial charge is 0.422 e. The van der Waals surface area contributed by atoms with Gasteiger partial charge in [0.25, 0.3) is 0 Å². The minimum absolute atomic E-state index is 0.198. The van der Waals surface area contributed by atoms with E-state index in [4.69, 9.17) is 4.74 Å². The topological polar surface area (TPSA) is 52.8 Å². The maximum Gasteiger partial charge on any atom is 0.345 e. The fourth-order valence-electron chi connectivity index (χ4n) is 1.63. The first-order valence-electron chi connectivity index (χ1n) is 5.71. The lowest BCUT2D eigenvalue weighted by Crippen LogP contribution is -2.00. The Morgan fingerprint density at radius 2 is 1.90 bits per heavy atom. The smallest absolute Gasteiger partial charge is 0.345 e. The van der Waals surface area contributed by atoms with Crippen molar-refractivity contribution in [3.63, 3.8) is 0 Å². The third-order valence-corrected chi connectivity index (χ3v) is 3.16. The van der Waals surface area contributed by atoms with E-state index in [1.807, 2.05) is 30.3 Å². The SMILES string of the molecule is Fc1ccc(Oc2nnnn2-c2ccccc2)c(Br)c1. The number of hydrogen-bond acceptors (Lipinski definition) is 4. The van der Waals surface area contributed by atoms with E-state index < -0.39 is 0 Å². The summed E-state index contributed by atoms with van der Waals surface area (Å²) in [6.07, 6.45) is 0. The number of benzene rings is 2. The van der Waals surface area contributed by atoms with Crippen LogP contribution in [0, 0.1) is 5.82 Å². The van der Waals surface area contributed by atoms with Gasteiger partial charge in [0, 0.05) is 0 Å². The van der Waals surface area contributed by atoms with E-state index in [2.05, 4.69) is 31.5 Å². The summed E-state index contributed by atoms with van der Waals surface area (Å²) in [4.78, 5) is 0. The summed E-state index contributed by atoms with van der Waals surface area (Å²) in [7, 11) is 0. The number of tetrazole rings is 1. The van der Waals surface area contributed by atoms with Gasteiger partial charge in [-0.15, -0.1) is 0 Å². The van der Waals surface area contributed by atoms with Gasteiger partial charge in [-0.25, -0.2) is 4.39 Å². The standard InChI is InChI=1S/C13H8BrFN4O/c14-11-8-9(15)6-7-12(11)20-13-16-17-18-19(13)10-4-2-1-3-5-10/h1-8H. The van der Waals surface area contributed by atoms with Crippen molar-refractivity contribution in [3.05, 3.63) is 58.8 Å². The molecule has 0 amide bonds. The Bertz CT molecular complexity index is 732. The lowest BCUT2D eigenvalue weighted by molar-refractivity contribution is 0.423. The summed E-state index contributed by atoms with van der Waals surface area (Å²) in [5.74, 6) is 0.0743. The van der Waals surface area contributed by atoms with Crippen LogP contribution in [0.1, 0.15) is 0 Å². The number of nitrogens with zero attached hydrogens (tertiary/aromatic N) is 4. The number of rotatable bonds is 3. The maximum atomic E-state index is 13.0. The summed E-state index contributed by atoms with van der Waals surface area (Å²) >= 11 is 3.23. The molecule has 0 aliphatic heterocycles. The molecule has 0 fully saturated rings. The van der Waals surface area contributed by atoms with Gasteiger partial charge in [-0.1, -0.05) is 23.3 Å². The molecule has 0 saturated carbocycles. The minimum atomic E-state index is -0.355. The lowest BCUT2D eigenvalue weighted by atomic mass is 10.3. The normalized spacial score (nSPS) is 10.5. The first kappa shape index (κ1) is 12.7. The van der Waals surface area contributed by atoms with Crippen molar-refractivity contribution in [2.75, 3.05) is 0 Å². The molecule has 3 rings (SSSR count). The Morgan fingerprint density at radius 1 is 1.10 bits per heavy atom. The maximum absolute atomic E-state index is 13.0. The molecule has 1 aromatic heterocycles. The van der Waals surface area contributed by atoms with Crippen LogP contribution in [0.15, 0.2) is 53.0 Å². The molecule has 20 heavy (non-hydrogen) atoms. The van der Waals surface area contributed by atoms with Gasteiger partial charge in [-0.3, -0.25) is 0 Å². The summed E-state index contributed by atoms with van der Waals surface area (Å²) in [6, 6.07) is 13.6. The van der Waals surface area contributed by atoms with Gasteiger partial charge in [0.15, 0.2) is 0 Å². The van der Waals surface area contributed by atoms with Crippen molar-refractivity contribution in [2.45, 2.75) is 0 Å². The van der Waals surface area contributed by atoms with Crippen LogP contribution < -0.4 is 4.74 Å². The highest BCUT2D eigenvalue weighted by Gasteiger charge is 2.12. The Hall–Kier alpha value is -2.28. The second kappa shape index (κ2) is 5.38. The van der Waals surface area contributed by atoms with Gasteiger partial charge in [0.2, 0.25) is 0 Å². The fourth-order valence-corrected chi connectivity index (χ4v) is 2.06. The Labute approximate surface area is 122 Å². The molecule has 0 unspecified atom stereocenters. The van der Waals surface area contributed by atoms with E-state index in [-0.39, 0.29) is 11.8 Å². The molecule has 1 heterocycles. The molecule has 0 bridgehead atoms. The average Bonchev–Trinajstić information content (AvgIpc) is 2.91. The molecule has 0 spiro atoms. The number of para-hydroxylation sites is 1. The number of ether oxygens (including phenoxy) is 1. The number of hydrogen-bond donors (Lipinski definition) is 0.